The molecule has 0 aliphatic heterocycles. The number of methoxy groups -OCH3 is 2. The molecule has 1 heterocycles. The zero-order valence-corrected chi connectivity index (χ0v) is 23.1. The fourth-order valence-electron chi connectivity index (χ4n) is 4.15. The number of sulfone groups is 1. The minimum atomic E-state index is -3.39. The van der Waals surface area contributed by atoms with Gasteiger partial charge in [0.05, 0.1) is 35.1 Å². The number of hydrogen-bond acceptors (Lipinski definition) is 8. The molecule has 5 aromatic rings. The molecule has 0 aliphatic rings. The number of rotatable bonds is 9. The van der Waals surface area contributed by atoms with E-state index in [9.17, 15) is 13.2 Å². The van der Waals surface area contributed by atoms with Crippen molar-refractivity contribution in [2.75, 3.05) is 25.3 Å². The van der Waals surface area contributed by atoms with Gasteiger partial charge in [-0.1, -0.05) is 60.7 Å². The van der Waals surface area contributed by atoms with Crippen LogP contribution in [0.25, 0.3) is 21.0 Å². The van der Waals surface area contributed by atoms with Gasteiger partial charge < -0.3 is 14.2 Å². The largest absolute Gasteiger partial charge is 0.493 e. The van der Waals surface area contributed by atoms with Gasteiger partial charge in [-0.15, -0.1) is 0 Å². The van der Waals surface area contributed by atoms with E-state index in [0.29, 0.717) is 33.5 Å². The molecule has 200 valence electrons. The molecule has 8 nitrogen and oxygen atoms in total. The number of carbonyl (C=O) groups is 1. The molecule has 0 fully saturated rings. The van der Waals surface area contributed by atoms with Crippen molar-refractivity contribution < 1.29 is 27.4 Å². The molecule has 1 atom stereocenters. The first-order chi connectivity index (χ1) is 18.8. The second-order valence-corrected chi connectivity index (χ2v) is 12.0. The third kappa shape index (κ3) is 5.52. The van der Waals surface area contributed by atoms with Crippen molar-refractivity contribution in [2.24, 2.45) is 0 Å². The van der Waals surface area contributed by atoms with Crippen LogP contribution in [0.1, 0.15) is 18.6 Å². The van der Waals surface area contributed by atoms with Crippen LogP contribution in [-0.4, -0.2) is 39.3 Å². The Morgan fingerprint density at radius 1 is 0.923 bits per heavy atom. The number of hydrogen-bond donors (Lipinski definition) is 1. The van der Waals surface area contributed by atoms with Crippen LogP contribution in [0.3, 0.4) is 0 Å². The van der Waals surface area contributed by atoms with E-state index < -0.39 is 21.8 Å². The van der Waals surface area contributed by atoms with Gasteiger partial charge in [-0.05, 0) is 35.0 Å². The van der Waals surface area contributed by atoms with Gasteiger partial charge in [0.15, 0.2) is 26.5 Å². The molecule has 4 aromatic carbocycles. The molecule has 0 radical (unpaired) electrons. The van der Waals surface area contributed by atoms with Crippen molar-refractivity contribution >= 4 is 53.2 Å². The lowest BCUT2D eigenvalue weighted by molar-refractivity contribution is -0.123. The summed E-state index contributed by atoms with van der Waals surface area (Å²) in [5, 5.41) is 5.25. The number of ether oxygens (including phenoxy) is 3. The molecule has 0 saturated heterocycles. The van der Waals surface area contributed by atoms with Gasteiger partial charge in [0.1, 0.15) is 5.75 Å². The van der Waals surface area contributed by atoms with E-state index >= 15 is 0 Å². The Labute approximate surface area is 230 Å². The van der Waals surface area contributed by atoms with E-state index in [4.69, 9.17) is 14.2 Å². The van der Waals surface area contributed by atoms with Gasteiger partial charge in [-0.2, -0.15) is 0 Å². The molecule has 1 N–H and O–H groups in total. The van der Waals surface area contributed by atoms with E-state index in [1.165, 1.54) is 23.5 Å². The lowest BCUT2D eigenvalue weighted by atomic mass is 10.1. The monoisotopic (exact) mass is 562 g/mol. The first-order valence-corrected chi connectivity index (χ1v) is 14.6. The number of nitrogens with one attached hydrogen (secondary N) is 1. The summed E-state index contributed by atoms with van der Waals surface area (Å²) in [4.78, 5) is 18.3. The number of anilines is 1. The van der Waals surface area contributed by atoms with Crippen LogP contribution in [-0.2, 0) is 14.6 Å². The highest BCUT2D eigenvalue weighted by atomic mass is 32.2. The highest BCUT2D eigenvalue weighted by Gasteiger charge is 2.25. The first kappa shape index (κ1) is 26.5. The number of thiazole rings is 1. The number of aromatic nitrogens is 1. The highest BCUT2D eigenvalue weighted by molar-refractivity contribution is 7.91. The van der Waals surface area contributed by atoms with Crippen LogP contribution in [0.4, 0.5) is 5.13 Å². The van der Waals surface area contributed by atoms with Gasteiger partial charge in [0.25, 0.3) is 5.91 Å². The van der Waals surface area contributed by atoms with Gasteiger partial charge in [0.2, 0.25) is 6.10 Å². The smallest absolute Gasteiger partial charge is 0.271 e. The van der Waals surface area contributed by atoms with Gasteiger partial charge in [0, 0.05) is 17.7 Å². The SMILES string of the molecule is CCS(=O)(=O)c1ccc(C(Oc2ccc3ccccc3c2)C(=O)Nc2nc3cc(OC)c(OC)cc3s2)cc1. The second-order valence-electron chi connectivity index (χ2n) is 8.66. The van der Waals surface area contributed by atoms with Crippen LogP contribution < -0.4 is 19.5 Å². The number of benzene rings is 4. The molecule has 0 saturated carbocycles. The Hall–Kier alpha value is -4.15. The highest BCUT2D eigenvalue weighted by Crippen LogP contribution is 2.37. The molecule has 0 spiro atoms. The maximum Gasteiger partial charge on any atom is 0.271 e. The predicted molar refractivity (Wildman–Crippen MR) is 153 cm³/mol. The average Bonchev–Trinajstić information content (AvgIpc) is 3.35. The van der Waals surface area contributed by atoms with Gasteiger partial charge in [-0.25, -0.2) is 13.4 Å². The second kappa shape index (κ2) is 10.9. The maximum absolute atomic E-state index is 13.6. The van der Waals surface area contributed by atoms with Crippen LogP contribution in [0.5, 0.6) is 17.2 Å². The van der Waals surface area contributed by atoms with Crippen molar-refractivity contribution in [2.45, 2.75) is 17.9 Å². The van der Waals surface area contributed by atoms with Crippen molar-refractivity contribution in [3.05, 3.63) is 84.4 Å². The zero-order chi connectivity index (χ0) is 27.6. The minimum Gasteiger partial charge on any atom is -0.493 e. The Kier molecular flexibility index (Phi) is 7.40. The first-order valence-electron chi connectivity index (χ1n) is 12.1. The summed E-state index contributed by atoms with van der Waals surface area (Å²) >= 11 is 1.29. The Balaban J connectivity index is 1.48. The average molecular weight is 563 g/mol. The van der Waals surface area contributed by atoms with Crippen molar-refractivity contribution in [1.82, 2.24) is 4.98 Å². The topological polar surface area (TPSA) is 104 Å². The van der Waals surface area contributed by atoms with E-state index in [-0.39, 0.29) is 10.6 Å². The summed E-state index contributed by atoms with van der Waals surface area (Å²) < 4.78 is 42.4. The number of amides is 1. The summed E-state index contributed by atoms with van der Waals surface area (Å²) in [6, 6.07) is 23.2. The lowest BCUT2D eigenvalue weighted by Gasteiger charge is -2.19. The van der Waals surface area contributed by atoms with Crippen molar-refractivity contribution in [3.63, 3.8) is 0 Å². The third-order valence-corrected chi connectivity index (χ3v) is 8.94. The summed E-state index contributed by atoms with van der Waals surface area (Å²) in [6.07, 6.45) is -1.07. The maximum atomic E-state index is 13.6. The zero-order valence-electron chi connectivity index (χ0n) is 21.5. The molecule has 1 amide bonds. The molecule has 10 heteroatoms. The molecular weight excluding hydrogens is 536 g/mol. The molecule has 0 bridgehead atoms. The summed E-state index contributed by atoms with van der Waals surface area (Å²) in [5.74, 6) is 1.13. The molecule has 1 unspecified atom stereocenters. The van der Waals surface area contributed by atoms with Gasteiger partial charge in [-0.3, -0.25) is 10.1 Å². The van der Waals surface area contributed by atoms with Crippen molar-refractivity contribution in [1.29, 1.82) is 0 Å². The summed E-state index contributed by atoms with van der Waals surface area (Å²) in [5.41, 5.74) is 1.15. The Bertz CT molecular complexity index is 1720. The fraction of sp³-hybridized carbons (Fsp3) is 0.172. The van der Waals surface area contributed by atoms with E-state index in [1.54, 1.807) is 51.5 Å². The lowest BCUT2D eigenvalue weighted by Crippen LogP contribution is -2.25. The van der Waals surface area contributed by atoms with Crippen LogP contribution >= 0.6 is 11.3 Å². The molecule has 1 aromatic heterocycles. The van der Waals surface area contributed by atoms with Crippen LogP contribution in [0.15, 0.2) is 83.8 Å². The molecule has 0 aliphatic carbocycles. The van der Waals surface area contributed by atoms with Crippen LogP contribution in [0.2, 0.25) is 0 Å². The normalized spacial score (nSPS) is 12.3. The van der Waals surface area contributed by atoms with Crippen molar-refractivity contribution in [3.8, 4) is 17.2 Å². The quantitative estimate of drug-likeness (QED) is 0.234. The standard InChI is InChI=1S/C29H26N2O6S2/c1-4-39(33,34)22-13-10-19(11-14-22)27(37-21-12-9-18-7-5-6-8-20(18)15-21)28(32)31-29-30-23-16-24(35-2)25(36-3)17-26(23)38-29/h5-17,27H,4H2,1-3H3,(H,30,31,32). The third-order valence-electron chi connectivity index (χ3n) is 6.26. The van der Waals surface area contributed by atoms with E-state index in [2.05, 4.69) is 10.3 Å². The number of carbonyl (C=O) groups excluding carboxylic acids is 1. The Morgan fingerprint density at radius 2 is 1.62 bits per heavy atom. The number of fused-ring (bicyclic) bond motifs is 2. The Morgan fingerprint density at radius 3 is 2.31 bits per heavy atom. The predicted octanol–water partition coefficient (Wildman–Crippen LogP) is 6.02. The molecular formula is C29H26N2O6S2. The summed E-state index contributed by atoms with van der Waals surface area (Å²) in [6.45, 7) is 1.59. The van der Waals surface area contributed by atoms with E-state index in [0.717, 1.165) is 15.5 Å². The van der Waals surface area contributed by atoms with E-state index in [1.807, 2.05) is 36.4 Å². The molecule has 5 rings (SSSR count). The van der Waals surface area contributed by atoms with Crippen LogP contribution in [0, 0.1) is 0 Å². The summed E-state index contributed by atoms with van der Waals surface area (Å²) in [7, 11) is -0.288. The minimum absolute atomic E-state index is 0.0168. The van der Waals surface area contributed by atoms with Gasteiger partial charge >= 0.3 is 0 Å². The number of nitrogens with zero attached hydrogens (tertiary/aromatic N) is 1. The molecule has 39 heavy (non-hydrogen) atoms. The fourth-order valence-corrected chi connectivity index (χ4v) is 5.91.